The molecule has 0 saturated heterocycles. The number of hydrogen-bond acceptors (Lipinski definition) is 2. The van der Waals surface area contributed by atoms with Crippen molar-refractivity contribution in [3.63, 3.8) is 0 Å². The maximum Gasteiger partial charge on any atom is 0.446 e. The molecule has 2 aromatic carbocycles. The molecule has 2 rings (SSSR count). The van der Waals surface area contributed by atoms with Crippen LogP contribution in [0.4, 0.5) is 13.2 Å². The van der Waals surface area contributed by atoms with Crippen LogP contribution in [0.1, 0.15) is 17.2 Å². The van der Waals surface area contributed by atoms with Crippen LogP contribution in [0, 0.1) is 0 Å². The van der Waals surface area contributed by atoms with E-state index in [4.69, 9.17) is 11.6 Å². The molecular formula is C15H12ClF3OS. The maximum atomic E-state index is 12.2. The molecule has 21 heavy (non-hydrogen) atoms. The van der Waals surface area contributed by atoms with Gasteiger partial charge in [0.1, 0.15) is 0 Å². The molecule has 0 fully saturated rings. The molecule has 0 bridgehead atoms. The zero-order chi connectivity index (χ0) is 15.5. The second kappa shape index (κ2) is 6.73. The third kappa shape index (κ3) is 5.26. The highest BCUT2D eigenvalue weighted by molar-refractivity contribution is 8.00. The summed E-state index contributed by atoms with van der Waals surface area (Å²) in [6.45, 7) is 0. The molecule has 112 valence electrons. The number of benzene rings is 2. The first-order valence-electron chi connectivity index (χ1n) is 6.12. The average Bonchev–Trinajstić information content (AvgIpc) is 2.37. The van der Waals surface area contributed by atoms with Gasteiger partial charge in [0, 0.05) is 16.3 Å². The molecule has 0 heterocycles. The lowest BCUT2D eigenvalue weighted by molar-refractivity contribution is -0.0328. The number of aliphatic hydroxyl groups is 1. The van der Waals surface area contributed by atoms with Crippen LogP contribution in [0.15, 0.2) is 53.4 Å². The molecule has 0 spiro atoms. The van der Waals surface area contributed by atoms with E-state index in [-0.39, 0.29) is 16.7 Å². The Hall–Kier alpha value is -1.17. The zero-order valence-corrected chi connectivity index (χ0v) is 12.3. The third-order valence-corrected chi connectivity index (χ3v) is 3.79. The average molecular weight is 333 g/mol. The molecule has 0 aliphatic rings. The monoisotopic (exact) mass is 332 g/mol. The molecule has 1 unspecified atom stereocenters. The van der Waals surface area contributed by atoms with Crippen molar-refractivity contribution in [1.29, 1.82) is 0 Å². The molecular weight excluding hydrogens is 321 g/mol. The minimum Gasteiger partial charge on any atom is -0.388 e. The minimum atomic E-state index is -4.30. The largest absolute Gasteiger partial charge is 0.446 e. The van der Waals surface area contributed by atoms with E-state index in [0.717, 1.165) is 5.56 Å². The van der Waals surface area contributed by atoms with Gasteiger partial charge in [-0.1, -0.05) is 35.9 Å². The summed E-state index contributed by atoms with van der Waals surface area (Å²) in [5.41, 5.74) is -2.87. The Bertz CT molecular complexity index is 599. The van der Waals surface area contributed by atoms with Crippen molar-refractivity contribution in [2.75, 3.05) is 0 Å². The fourth-order valence-corrected chi connectivity index (χ4v) is 2.65. The van der Waals surface area contributed by atoms with E-state index in [0.29, 0.717) is 17.0 Å². The molecule has 0 amide bonds. The maximum absolute atomic E-state index is 12.2. The highest BCUT2D eigenvalue weighted by Gasteiger charge is 2.29. The number of aliphatic hydroxyl groups excluding tert-OH is 1. The van der Waals surface area contributed by atoms with Gasteiger partial charge in [-0.3, -0.25) is 0 Å². The molecule has 6 heteroatoms. The number of halogens is 4. The van der Waals surface area contributed by atoms with Crippen LogP contribution in [-0.4, -0.2) is 10.6 Å². The minimum absolute atomic E-state index is 0.0983. The molecule has 0 aliphatic carbocycles. The standard InChI is InChI=1S/C15H12ClF3OS/c16-12-3-1-2-10(8-12)9-14(20)11-4-6-13(7-5-11)21-15(17,18)19/h1-8,14,20H,9H2. The molecule has 1 N–H and O–H groups in total. The van der Waals surface area contributed by atoms with Gasteiger partial charge in [0.25, 0.3) is 0 Å². The van der Waals surface area contributed by atoms with E-state index in [1.54, 1.807) is 18.2 Å². The molecule has 2 aromatic rings. The number of thioether (sulfide) groups is 1. The Morgan fingerprint density at radius 3 is 2.33 bits per heavy atom. The quantitative estimate of drug-likeness (QED) is 0.774. The summed E-state index contributed by atoms with van der Waals surface area (Å²) in [6, 6.07) is 12.8. The van der Waals surface area contributed by atoms with Gasteiger partial charge in [-0.05, 0) is 47.2 Å². The SMILES string of the molecule is OC(Cc1cccc(Cl)c1)c1ccc(SC(F)(F)F)cc1. The highest BCUT2D eigenvalue weighted by Crippen LogP contribution is 2.37. The summed E-state index contributed by atoms with van der Waals surface area (Å²) in [5, 5.41) is 10.7. The van der Waals surface area contributed by atoms with Crippen molar-refractivity contribution < 1.29 is 18.3 Å². The molecule has 0 saturated carbocycles. The lowest BCUT2D eigenvalue weighted by Crippen LogP contribution is -2.02. The van der Waals surface area contributed by atoms with Crippen LogP contribution < -0.4 is 0 Å². The Labute approximate surface area is 129 Å². The second-order valence-corrected chi connectivity index (χ2v) is 6.04. The summed E-state index contributed by atoms with van der Waals surface area (Å²) in [7, 11) is 0. The van der Waals surface area contributed by atoms with Crippen molar-refractivity contribution in [3.8, 4) is 0 Å². The highest BCUT2D eigenvalue weighted by atomic mass is 35.5. The summed E-state index contributed by atoms with van der Waals surface area (Å²) < 4.78 is 36.7. The third-order valence-electron chi connectivity index (χ3n) is 2.82. The smallest absolute Gasteiger partial charge is 0.388 e. The molecule has 0 radical (unpaired) electrons. The Morgan fingerprint density at radius 2 is 1.76 bits per heavy atom. The lowest BCUT2D eigenvalue weighted by Gasteiger charge is -2.12. The Kier molecular flexibility index (Phi) is 5.19. The Balaban J connectivity index is 2.04. The van der Waals surface area contributed by atoms with Gasteiger partial charge in [0.15, 0.2) is 0 Å². The van der Waals surface area contributed by atoms with E-state index in [9.17, 15) is 18.3 Å². The van der Waals surface area contributed by atoms with Gasteiger partial charge < -0.3 is 5.11 Å². The van der Waals surface area contributed by atoms with Gasteiger partial charge in [-0.15, -0.1) is 0 Å². The van der Waals surface area contributed by atoms with Crippen LogP contribution in [0.2, 0.25) is 5.02 Å². The fourth-order valence-electron chi connectivity index (χ4n) is 1.90. The summed E-state index contributed by atoms with van der Waals surface area (Å²) >= 11 is 5.69. The number of hydrogen-bond donors (Lipinski definition) is 1. The van der Waals surface area contributed by atoms with Crippen molar-refractivity contribution in [3.05, 3.63) is 64.7 Å². The number of alkyl halides is 3. The predicted molar refractivity (Wildman–Crippen MR) is 78.5 cm³/mol. The van der Waals surface area contributed by atoms with Crippen LogP contribution >= 0.6 is 23.4 Å². The summed E-state index contributed by atoms with van der Waals surface area (Å²) in [6.07, 6.45) is -0.430. The van der Waals surface area contributed by atoms with Gasteiger partial charge in [-0.25, -0.2) is 0 Å². The van der Waals surface area contributed by atoms with Gasteiger partial charge in [0.05, 0.1) is 6.10 Å². The fraction of sp³-hybridized carbons (Fsp3) is 0.200. The zero-order valence-electron chi connectivity index (χ0n) is 10.8. The van der Waals surface area contributed by atoms with Gasteiger partial charge in [0.2, 0.25) is 0 Å². The number of rotatable bonds is 4. The van der Waals surface area contributed by atoms with E-state index in [1.165, 1.54) is 24.3 Å². The lowest BCUT2D eigenvalue weighted by atomic mass is 10.0. The van der Waals surface area contributed by atoms with E-state index in [1.807, 2.05) is 6.07 Å². The molecule has 1 nitrogen and oxygen atoms in total. The first kappa shape index (κ1) is 16.2. The van der Waals surface area contributed by atoms with Crippen LogP contribution in [0.5, 0.6) is 0 Å². The van der Waals surface area contributed by atoms with Crippen LogP contribution in [0.3, 0.4) is 0 Å². The first-order chi connectivity index (χ1) is 9.83. The van der Waals surface area contributed by atoms with Gasteiger partial charge >= 0.3 is 5.51 Å². The van der Waals surface area contributed by atoms with Crippen molar-refractivity contribution in [2.24, 2.45) is 0 Å². The van der Waals surface area contributed by atoms with Crippen molar-refractivity contribution >= 4 is 23.4 Å². The summed E-state index contributed by atoms with van der Waals surface area (Å²) in [5.74, 6) is 0. The second-order valence-electron chi connectivity index (χ2n) is 4.47. The van der Waals surface area contributed by atoms with E-state index in [2.05, 4.69) is 0 Å². The van der Waals surface area contributed by atoms with Crippen LogP contribution in [0.25, 0.3) is 0 Å². The predicted octanol–water partition coefficient (Wildman–Crippen LogP) is 5.23. The molecule has 0 aromatic heterocycles. The van der Waals surface area contributed by atoms with Crippen LogP contribution in [-0.2, 0) is 6.42 Å². The van der Waals surface area contributed by atoms with Gasteiger partial charge in [-0.2, -0.15) is 13.2 Å². The van der Waals surface area contributed by atoms with E-state index >= 15 is 0 Å². The van der Waals surface area contributed by atoms with Crippen molar-refractivity contribution in [1.82, 2.24) is 0 Å². The Morgan fingerprint density at radius 1 is 1.10 bits per heavy atom. The summed E-state index contributed by atoms with van der Waals surface area (Å²) in [4.78, 5) is 0.0983. The van der Waals surface area contributed by atoms with Crippen molar-refractivity contribution in [2.45, 2.75) is 22.9 Å². The molecule has 1 atom stereocenters. The first-order valence-corrected chi connectivity index (χ1v) is 7.31. The van der Waals surface area contributed by atoms with E-state index < -0.39 is 11.6 Å². The topological polar surface area (TPSA) is 20.2 Å². The normalized spacial score (nSPS) is 13.2. The molecule has 0 aliphatic heterocycles.